The Kier molecular flexibility index (Phi) is 4.57. The number of non-ortho nitro benzene ring substituents is 1. The molecule has 2 aromatic carbocycles. The largest absolute Gasteiger partial charge is 0.380 e. The standard InChI is InChI=1S/C13H9BrClFN2O2/c14-10-3-1-8(5-12(10)16)7-17-13-6-9(18(19)20)2-4-11(13)15/h1-6,17H,7H2. The number of rotatable bonds is 4. The normalized spacial score (nSPS) is 10.3. The van der Waals surface area contributed by atoms with Gasteiger partial charge in [-0.2, -0.15) is 0 Å². The van der Waals surface area contributed by atoms with E-state index in [9.17, 15) is 14.5 Å². The van der Waals surface area contributed by atoms with Crippen LogP contribution in [0.3, 0.4) is 0 Å². The van der Waals surface area contributed by atoms with E-state index in [1.165, 1.54) is 24.3 Å². The van der Waals surface area contributed by atoms with Crippen molar-refractivity contribution < 1.29 is 9.31 Å². The highest BCUT2D eigenvalue weighted by atomic mass is 79.9. The predicted octanol–water partition coefficient (Wildman–Crippen LogP) is 4.76. The van der Waals surface area contributed by atoms with Gasteiger partial charge in [0.1, 0.15) is 5.82 Å². The van der Waals surface area contributed by atoms with Gasteiger partial charge in [0.15, 0.2) is 0 Å². The van der Waals surface area contributed by atoms with Crippen LogP contribution < -0.4 is 5.32 Å². The lowest BCUT2D eigenvalue weighted by molar-refractivity contribution is -0.384. The van der Waals surface area contributed by atoms with E-state index in [0.717, 1.165) is 0 Å². The van der Waals surface area contributed by atoms with E-state index in [2.05, 4.69) is 21.2 Å². The molecule has 20 heavy (non-hydrogen) atoms. The molecule has 104 valence electrons. The lowest BCUT2D eigenvalue weighted by Crippen LogP contribution is -2.01. The van der Waals surface area contributed by atoms with E-state index in [-0.39, 0.29) is 11.5 Å². The van der Waals surface area contributed by atoms with Gasteiger partial charge in [-0.25, -0.2) is 4.39 Å². The molecule has 0 aromatic heterocycles. The van der Waals surface area contributed by atoms with Crippen molar-refractivity contribution in [2.24, 2.45) is 0 Å². The van der Waals surface area contributed by atoms with Crippen LogP contribution in [0.1, 0.15) is 5.56 Å². The number of hydrogen-bond donors (Lipinski definition) is 1. The summed E-state index contributed by atoms with van der Waals surface area (Å²) in [6, 6.07) is 8.84. The summed E-state index contributed by atoms with van der Waals surface area (Å²) < 4.78 is 13.7. The Morgan fingerprint density at radius 3 is 2.70 bits per heavy atom. The molecule has 0 saturated heterocycles. The van der Waals surface area contributed by atoms with Crippen molar-refractivity contribution in [1.29, 1.82) is 0 Å². The van der Waals surface area contributed by atoms with Gasteiger partial charge in [-0.15, -0.1) is 0 Å². The molecule has 0 bridgehead atoms. The number of benzene rings is 2. The minimum atomic E-state index is -0.499. The molecule has 0 spiro atoms. The molecule has 4 nitrogen and oxygen atoms in total. The molecule has 2 rings (SSSR count). The Bertz CT molecular complexity index is 667. The zero-order valence-electron chi connectivity index (χ0n) is 10.1. The summed E-state index contributed by atoms with van der Waals surface area (Å²) in [7, 11) is 0. The van der Waals surface area contributed by atoms with Gasteiger partial charge in [-0.1, -0.05) is 17.7 Å². The Morgan fingerprint density at radius 2 is 2.05 bits per heavy atom. The first-order valence-corrected chi connectivity index (χ1v) is 6.76. The van der Waals surface area contributed by atoms with Crippen molar-refractivity contribution in [3.8, 4) is 0 Å². The van der Waals surface area contributed by atoms with Crippen molar-refractivity contribution in [3.63, 3.8) is 0 Å². The van der Waals surface area contributed by atoms with Gasteiger partial charge < -0.3 is 5.32 Å². The smallest absolute Gasteiger partial charge is 0.271 e. The maximum Gasteiger partial charge on any atom is 0.271 e. The zero-order chi connectivity index (χ0) is 14.7. The molecular weight excluding hydrogens is 351 g/mol. The fourth-order valence-electron chi connectivity index (χ4n) is 1.61. The molecular formula is C13H9BrClFN2O2. The van der Waals surface area contributed by atoms with Gasteiger partial charge in [0.25, 0.3) is 5.69 Å². The first-order chi connectivity index (χ1) is 9.47. The van der Waals surface area contributed by atoms with E-state index in [1.807, 2.05) is 0 Å². The molecule has 0 heterocycles. The average Bonchev–Trinajstić information content (AvgIpc) is 2.41. The molecule has 0 unspecified atom stereocenters. The summed E-state index contributed by atoms with van der Waals surface area (Å²) in [5.74, 6) is -0.366. The summed E-state index contributed by atoms with van der Waals surface area (Å²) in [4.78, 5) is 10.2. The molecule has 0 aliphatic carbocycles. The number of nitrogens with zero attached hydrogens (tertiary/aromatic N) is 1. The van der Waals surface area contributed by atoms with Crippen molar-refractivity contribution in [2.75, 3.05) is 5.32 Å². The number of nitro groups is 1. The molecule has 0 aliphatic rings. The third-order valence-electron chi connectivity index (χ3n) is 2.63. The van der Waals surface area contributed by atoms with Gasteiger partial charge in [-0.3, -0.25) is 10.1 Å². The molecule has 2 aromatic rings. The van der Waals surface area contributed by atoms with E-state index in [4.69, 9.17) is 11.6 Å². The molecule has 1 N–H and O–H groups in total. The zero-order valence-corrected chi connectivity index (χ0v) is 12.4. The highest BCUT2D eigenvalue weighted by molar-refractivity contribution is 9.10. The first kappa shape index (κ1) is 14.7. The number of hydrogen-bond acceptors (Lipinski definition) is 3. The summed E-state index contributed by atoms with van der Waals surface area (Å²) in [5, 5.41) is 14.0. The summed E-state index contributed by atoms with van der Waals surface area (Å²) in [6.07, 6.45) is 0. The summed E-state index contributed by atoms with van der Waals surface area (Å²) >= 11 is 9.03. The Balaban J connectivity index is 2.15. The Labute approximate surface area is 127 Å². The summed E-state index contributed by atoms with van der Waals surface area (Å²) in [5.41, 5.74) is 1.08. The van der Waals surface area contributed by atoms with Crippen LogP contribution in [0.4, 0.5) is 15.8 Å². The van der Waals surface area contributed by atoms with Crippen molar-refractivity contribution in [1.82, 2.24) is 0 Å². The number of nitro benzene ring substituents is 1. The molecule has 0 radical (unpaired) electrons. The third kappa shape index (κ3) is 3.46. The monoisotopic (exact) mass is 358 g/mol. The second-order valence-corrected chi connectivity index (χ2v) is 5.28. The topological polar surface area (TPSA) is 55.2 Å². The van der Waals surface area contributed by atoms with Gasteiger partial charge in [0.2, 0.25) is 0 Å². The first-order valence-electron chi connectivity index (χ1n) is 5.59. The minimum Gasteiger partial charge on any atom is -0.380 e. The van der Waals surface area contributed by atoms with Crippen LogP contribution in [0.25, 0.3) is 0 Å². The van der Waals surface area contributed by atoms with E-state index in [1.54, 1.807) is 12.1 Å². The van der Waals surface area contributed by atoms with Crippen LogP contribution in [0.15, 0.2) is 40.9 Å². The van der Waals surface area contributed by atoms with Crippen LogP contribution in [-0.4, -0.2) is 4.92 Å². The van der Waals surface area contributed by atoms with Crippen LogP contribution in [0.2, 0.25) is 5.02 Å². The van der Waals surface area contributed by atoms with Crippen LogP contribution in [0.5, 0.6) is 0 Å². The van der Waals surface area contributed by atoms with E-state index < -0.39 is 4.92 Å². The Hall–Kier alpha value is -1.66. The summed E-state index contributed by atoms with van der Waals surface area (Å²) in [6.45, 7) is 0.311. The van der Waals surface area contributed by atoms with Crippen molar-refractivity contribution >= 4 is 38.9 Å². The molecule has 0 fully saturated rings. The highest BCUT2D eigenvalue weighted by Gasteiger charge is 2.09. The number of anilines is 1. The maximum atomic E-state index is 13.4. The molecule has 0 amide bonds. The quantitative estimate of drug-likeness (QED) is 0.632. The predicted molar refractivity (Wildman–Crippen MR) is 79.5 cm³/mol. The fraction of sp³-hybridized carbons (Fsp3) is 0.0769. The van der Waals surface area contributed by atoms with Crippen LogP contribution in [0, 0.1) is 15.9 Å². The fourth-order valence-corrected chi connectivity index (χ4v) is 2.04. The van der Waals surface area contributed by atoms with E-state index >= 15 is 0 Å². The second-order valence-electron chi connectivity index (χ2n) is 4.02. The Morgan fingerprint density at radius 1 is 1.30 bits per heavy atom. The van der Waals surface area contributed by atoms with Gasteiger partial charge >= 0.3 is 0 Å². The highest BCUT2D eigenvalue weighted by Crippen LogP contribution is 2.27. The molecule has 0 aliphatic heterocycles. The van der Waals surface area contributed by atoms with Crippen LogP contribution in [-0.2, 0) is 6.54 Å². The molecule has 0 saturated carbocycles. The lowest BCUT2D eigenvalue weighted by atomic mass is 10.2. The second kappa shape index (κ2) is 6.19. The maximum absolute atomic E-state index is 13.4. The van der Waals surface area contributed by atoms with Gasteiger partial charge in [0.05, 0.1) is 20.1 Å². The van der Waals surface area contributed by atoms with E-state index in [0.29, 0.717) is 27.3 Å². The van der Waals surface area contributed by atoms with Crippen LogP contribution >= 0.6 is 27.5 Å². The average molecular weight is 360 g/mol. The van der Waals surface area contributed by atoms with Gasteiger partial charge in [-0.05, 0) is 39.7 Å². The minimum absolute atomic E-state index is 0.0566. The van der Waals surface area contributed by atoms with Gasteiger partial charge in [0, 0.05) is 18.7 Å². The SMILES string of the molecule is O=[N+]([O-])c1ccc(Cl)c(NCc2ccc(Br)c(F)c2)c1. The number of halogens is 3. The number of nitrogens with one attached hydrogen (secondary N) is 1. The molecule has 7 heteroatoms. The third-order valence-corrected chi connectivity index (χ3v) is 3.60. The van der Waals surface area contributed by atoms with Crippen molar-refractivity contribution in [3.05, 3.63) is 67.4 Å². The van der Waals surface area contributed by atoms with Crippen molar-refractivity contribution in [2.45, 2.75) is 6.54 Å². The lowest BCUT2D eigenvalue weighted by Gasteiger charge is -2.09. The molecule has 0 atom stereocenters.